The lowest BCUT2D eigenvalue weighted by Gasteiger charge is -2.06. The number of aromatic amines is 1. The lowest BCUT2D eigenvalue weighted by atomic mass is 10.3. The third-order valence-corrected chi connectivity index (χ3v) is 2.87. The number of rotatable bonds is 5. The van der Waals surface area contributed by atoms with Crippen LogP contribution in [0.3, 0.4) is 0 Å². The van der Waals surface area contributed by atoms with Crippen LogP contribution in [0.4, 0.5) is 4.39 Å². The molecule has 0 aliphatic rings. The molecule has 96 valence electrons. The van der Waals surface area contributed by atoms with Crippen molar-refractivity contribution in [2.75, 3.05) is 13.2 Å². The zero-order valence-corrected chi connectivity index (χ0v) is 11.0. The van der Waals surface area contributed by atoms with Gasteiger partial charge < -0.3 is 14.3 Å². The first-order valence-corrected chi connectivity index (χ1v) is 6.09. The number of nitrogens with one attached hydrogen (secondary N) is 1. The summed E-state index contributed by atoms with van der Waals surface area (Å²) in [5.41, 5.74) is 2.57. The highest BCUT2D eigenvalue weighted by Crippen LogP contribution is 2.15. The van der Waals surface area contributed by atoms with Gasteiger partial charge in [0.1, 0.15) is 5.82 Å². The van der Waals surface area contributed by atoms with Gasteiger partial charge in [-0.25, -0.2) is 4.39 Å². The minimum Gasteiger partial charge on any atom is -0.375 e. The van der Waals surface area contributed by atoms with Crippen LogP contribution in [0.25, 0.3) is 11.0 Å². The van der Waals surface area contributed by atoms with Gasteiger partial charge in [-0.15, -0.1) is 0 Å². The lowest BCUT2D eigenvalue weighted by Crippen LogP contribution is -2.07. The number of benzene rings is 1. The summed E-state index contributed by atoms with van der Waals surface area (Å²) in [6, 6.07) is 4.57. The number of halogens is 1. The average Bonchev–Trinajstić information content (AvgIpc) is 2.60. The van der Waals surface area contributed by atoms with Crippen LogP contribution in [0.2, 0.25) is 0 Å². The Morgan fingerprint density at radius 3 is 3.06 bits per heavy atom. The van der Waals surface area contributed by atoms with Crippen molar-refractivity contribution in [1.82, 2.24) is 9.55 Å². The number of hydrogen-bond acceptors (Lipinski definition) is 2. The van der Waals surface area contributed by atoms with Crippen molar-refractivity contribution < 1.29 is 9.13 Å². The average molecular weight is 266 g/mol. The second-order valence-corrected chi connectivity index (χ2v) is 4.64. The fraction of sp³-hybridized carbons (Fsp3) is 0.308. The van der Waals surface area contributed by atoms with E-state index in [2.05, 4.69) is 11.6 Å². The zero-order valence-electron chi connectivity index (χ0n) is 10.2. The second-order valence-electron chi connectivity index (χ2n) is 4.25. The van der Waals surface area contributed by atoms with Crippen LogP contribution in [0.5, 0.6) is 0 Å². The van der Waals surface area contributed by atoms with Crippen LogP contribution in [0, 0.1) is 10.6 Å². The van der Waals surface area contributed by atoms with E-state index in [0.29, 0.717) is 24.5 Å². The third kappa shape index (κ3) is 2.86. The van der Waals surface area contributed by atoms with E-state index in [1.807, 2.05) is 11.5 Å². The summed E-state index contributed by atoms with van der Waals surface area (Å²) in [5.74, 6) is -0.270. The molecular weight excluding hydrogens is 251 g/mol. The molecule has 0 atom stereocenters. The molecule has 1 aromatic carbocycles. The van der Waals surface area contributed by atoms with E-state index in [9.17, 15) is 4.39 Å². The van der Waals surface area contributed by atoms with E-state index in [-0.39, 0.29) is 5.82 Å². The minimum atomic E-state index is -0.270. The molecule has 3 nitrogen and oxygen atoms in total. The Hall–Kier alpha value is -1.46. The summed E-state index contributed by atoms with van der Waals surface area (Å²) in [6.07, 6.45) is 0. The molecule has 0 saturated carbocycles. The van der Waals surface area contributed by atoms with Gasteiger partial charge in [0.15, 0.2) is 4.77 Å². The van der Waals surface area contributed by atoms with Crippen LogP contribution >= 0.6 is 12.2 Å². The summed E-state index contributed by atoms with van der Waals surface area (Å²) in [5, 5.41) is 0. The molecular formula is C13H15FN2OS. The van der Waals surface area contributed by atoms with Gasteiger partial charge in [0.05, 0.1) is 24.2 Å². The molecule has 0 unspecified atom stereocenters. The van der Waals surface area contributed by atoms with Crippen molar-refractivity contribution in [3.8, 4) is 0 Å². The van der Waals surface area contributed by atoms with Gasteiger partial charge >= 0.3 is 0 Å². The van der Waals surface area contributed by atoms with Gasteiger partial charge in [-0.05, 0) is 37.3 Å². The van der Waals surface area contributed by atoms with Crippen LogP contribution in [-0.4, -0.2) is 22.8 Å². The van der Waals surface area contributed by atoms with Crippen LogP contribution in [0.1, 0.15) is 6.92 Å². The predicted molar refractivity (Wildman–Crippen MR) is 72.7 cm³/mol. The molecule has 5 heteroatoms. The van der Waals surface area contributed by atoms with Crippen LogP contribution < -0.4 is 0 Å². The number of nitrogens with zero attached hydrogens (tertiary/aromatic N) is 1. The van der Waals surface area contributed by atoms with Crippen molar-refractivity contribution in [2.45, 2.75) is 13.5 Å². The number of ether oxygens (including phenoxy) is 1. The fourth-order valence-electron chi connectivity index (χ4n) is 1.75. The van der Waals surface area contributed by atoms with Gasteiger partial charge in [-0.3, -0.25) is 0 Å². The molecule has 1 N–H and O–H groups in total. The first-order chi connectivity index (χ1) is 8.58. The first-order valence-electron chi connectivity index (χ1n) is 5.68. The molecule has 2 aromatic rings. The topological polar surface area (TPSA) is 29.9 Å². The van der Waals surface area contributed by atoms with E-state index < -0.39 is 0 Å². The lowest BCUT2D eigenvalue weighted by molar-refractivity contribution is 0.148. The Morgan fingerprint density at radius 1 is 1.56 bits per heavy atom. The highest BCUT2D eigenvalue weighted by Gasteiger charge is 2.05. The molecule has 18 heavy (non-hydrogen) atoms. The summed E-state index contributed by atoms with van der Waals surface area (Å²) in [6.45, 7) is 7.31. The van der Waals surface area contributed by atoms with E-state index >= 15 is 0 Å². The molecule has 0 fully saturated rings. The molecule has 0 radical (unpaired) electrons. The van der Waals surface area contributed by atoms with Crippen LogP contribution in [0.15, 0.2) is 30.4 Å². The maximum Gasteiger partial charge on any atom is 0.178 e. The highest BCUT2D eigenvalue weighted by molar-refractivity contribution is 7.71. The quantitative estimate of drug-likeness (QED) is 0.510. The van der Waals surface area contributed by atoms with Gasteiger partial charge in [0, 0.05) is 6.54 Å². The van der Waals surface area contributed by atoms with Crippen molar-refractivity contribution >= 4 is 23.3 Å². The largest absolute Gasteiger partial charge is 0.375 e. The summed E-state index contributed by atoms with van der Waals surface area (Å²) < 4.78 is 21.1. The van der Waals surface area contributed by atoms with Crippen molar-refractivity contribution in [1.29, 1.82) is 0 Å². The van der Waals surface area contributed by atoms with Crippen LogP contribution in [-0.2, 0) is 11.3 Å². The SMILES string of the molecule is C=C(C)COCCn1c(=S)[nH]c2ccc(F)cc21. The van der Waals surface area contributed by atoms with Crippen molar-refractivity contribution in [3.63, 3.8) is 0 Å². The molecule has 0 amide bonds. The summed E-state index contributed by atoms with van der Waals surface area (Å²) in [4.78, 5) is 3.04. The minimum absolute atomic E-state index is 0.270. The smallest absolute Gasteiger partial charge is 0.178 e. The summed E-state index contributed by atoms with van der Waals surface area (Å²) in [7, 11) is 0. The zero-order chi connectivity index (χ0) is 13.1. The third-order valence-electron chi connectivity index (χ3n) is 2.55. The molecule has 1 aromatic heterocycles. The number of fused-ring (bicyclic) bond motifs is 1. The van der Waals surface area contributed by atoms with Gasteiger partial charge in [-0.2, -0.15) is 0 Å². The van der Waals surface area contributed by atoms with Crippen molar-refractivity contribution in [2.24, 2.45) is 0 Å². The van der Waals surface area contributed by atoms with E-state index in [4.69, 9.17) is 17.0 Å². The Kier molecular flexibility index (Phi) is 3.93. The molecule has 0 bridgehead atoms. The molecule has 1 heterocycles. The maximum absolute atomic E-state index is 13.2. The standard InChI is InChI=1S/C13H15FN2OS/c1-9(2)8-17-6-5-16-12-7-10(14)3-4-11(12)15-13(16)18/h3-4,7H,1,5-6,8H2,2H3,(H,15,18). The molecule has 0 spiro atoms. The number of aromatic nitrogens is 2. The molecule has 0 saturated heterocycles. The maximum atomic E-state index is 13.2. The first kappa shape index (κ1) is 13.0. The number of hydrogen-bond donors (Lipinski definition) is 1. The van der Waals surface area contributed by atoms with E-state index in [1.165, 1.54) is 12.1 Å². The Balaban J connectivity index is 2.17. The van der Waals surface area contributed by atoms with Gasteiger partial charge in [0.2, 0.25) is 0 Å². The van der Waals surface area contributed by atoms with E-state index in [1.54, 1.807) is 6.07 Å². The Morgan fingerprint density at radius 2 is 2.33 bits per heavy atom. The van der Waals surface area contributed by atoms with Gasteiger partial charge in [0.25, 0.3) is 0 Å². The highest BCUT2D eigenvalue weighted by atomic mass is 32.1. The number of imidazole rings is 1. The Bertz CT molecular complexity index is 629. The molecule has 0 aliphatic heterocycles. The Labute approximate surface area is 110 Å². The van der Waals surface area contributed by atoms with Crippen molar-refractivity contribution in [3.05, 3.63) is 40.9 Å². The van der Waals surface area contributed by atoms with E-state index in [0.717, 1.165) is 16.6 Å². The second kappa shape index (κ2) is 5.46. The normalized spacial score (nSPS) is 11.0. The monoisotopic (exact) mass is 266 g/mol. The molecule has 0 aliphatic carbocycles. The summed E-state index contributed by atoms with van der Waals surface area (Å²) >= 11 is 5.21. The van der Waals surface area contributed by atoms with Gasteiger partial charge in [-0.1, -0.05) is 12.2 Å². The predicted octanol–water partition coefficient (Wildman–Crippen LogP) is 3.43. The molecule has 2 rings (SSSR count). The number of H-pyrrole nitrogens is 1. The fourth-order valence-corrected chi connectivity index (χ4v) is 2.05.